The van der Waals surface area contributed by atoms with Gasteiger partial charge in [-0.25, -0.2) is 9.50 Å². The quantitative estimate of drug-likeness (QED) is 0.429. The van der Waals surface area contributed by atoms with Crippen molar-refractivity contribution in [2.75, 3.05) is 23.3 Å². The number of aryl methyl sites for hydroxylation is 3. The Balaban J connectivity index is 1.23. The Morgan fingerprint density at radius 2 is 1.88 bits per heavy atom. The maximum Gasteiger partial charge on any atom is 0.227 e. The first-order valence-electron chi connectivity index (χ1n) is 11.6. The second-order valence-corrected chi connectivity index (χ2v) is 9.75. The number of rotatable bonds is 5. The first kappa shape index (κ1) is 21.6. The third-order valence-electron chi connectivity index (χ3n) is 6.50. The molecule has 1 amide bonds. The van der Waals surface area contributed by atoms with E-state index in [9.17, 15) is 4.79 Å². The Kier molecular flexibility index (Phi) is 5.89. The topological polar surface area (TPSA) is 62.5 Å². The number of imidazole rings is 1. The molecule has 33 heavy (non-hydrogen) atoms. The van der Waals surface area contributed by atoms with Gasteiger partial charge < -0.3 is 10.2 Å². The van der Waals surface area contributed by atoms with Crippen LogP contribution in [-0.2, 0) is 11.2 Å². The molecule has 0 spiro atoms. The van der Waals surface area contributed by atoms with Gasteiger partial charge in [0.1, 0.15) is 0 Å². The lowest BCUT2D eigenvalue weighted by Gasteiger charge is -2.31. The van der Waals surface area contributed by atoms with Crippen LogP contribution in [0.25, 0.3) is 16.2 Å². The maximum atomic E-state index is 13.0. The predicted octanol–water partition coefficient (Wildman–Crippen LogP) is 5.49. The zero-order valence-electron chi connectivity index (χ0n) is 19.3. The lowest BCUT2D eigenvalue weighted by atomic mass is 9.95. The molecule has 0 atom stereocenters. The smallest absolute Gasteiger partial charge is 0.227 e. The van der Waals surface area contributed by atoms with E-state index in [4.69, 9.17) is 10.1 Å². The van der Waals surface area contributed by atoms with Gasteiger partial charge in [-0.05, 0) is 44.2 Å². The minimum Gasteiger partial charge on any atom is -0.347 e. The molecule has 1 aliphatic rings. The Morgan fingerprint density at radius 1 is 1.12 bits per heavy atom. The average molecular weight is 460 g/mol. The van der Waals surface area contributed by atoms with Gasteiger partial charge >= 0.3 is 0 Å². The van der Waals surface area contributed by atoms with Crippen LogP contribution in [0.2, 0.25) is 0 Å². The van der Waals surface area contributed by atoms with Crippen LogP contribution >= 0.6 is 11.3 Å². The molecule has 2 aromatic carbocycles. The van der Waals surface area contributed by atoms with Crippen LogP contribution in [0.1, 0.15) is 36.5 Å². The molecule has 6 nitrogen and oxygen atoms in total. The van der Waals surface area contributed by atoms with Crippen molar-refractivity contribution in [3.05, 3.63) is 65.4 Å². The summed E-state index contributed by atoms with van der Waals surface area (Å²) in [5.41, 5.74) is 6.58. The molecule has 2 aromatic heterocycles. The van der Waals surface area contributed by atoms with Crippen molar-refractivity contribution in [1.29, 1.82) is 0 Å². The highest BCUT2D eigenvalue weighted by Crippen LogP contribution is 2.30. The number of nitrogens with zero attached hydrogens (tertiary/aromatic N) is 4. The van der Waals surface area contributed by atoms with Crippen molar-refractivity contribution in [3.8, 4) is 11.3 Å². The Bertz CT molecular complexity index is 1250. The zero-order valence-corrected chi connectivity index (χ0v) is 20.2. The van der Waals surface area contributed by atoms with Crippen molar-refractivity contribution in [2.45, 2.75) is 40.0 Å². The Hall–Kier alpha value is -3.19. The van der Waals surface area contributed by atoms with Crippen LogP contribution in [-0.4, -0.2) is 33.6 Å². The number of hydrogen-bond donors (Lipinski definition) is 1. The fourth-order valence-corrected chi connectivity index (χ4v) is 5.38. The SMILES string of the molecule is CCc1cccc(C)c1NC(=O)C1CCN(c2nn3cc(-c4ccc(C)cc4)nc3s2)CC1. The minimum absolute atomic E-state index is 0.0303. The first-order chi connectivity index (χ1) is 16.0. The molecule has 1 fully saturated rings. The number of nitrogens with one attached hydrogen (secondary N) is 1. The van der Waals surface area contributed by atoms with E-state index in [2.05, 4.69) is 73.5 Å². The van der Waals surface area contributed by atoms with Gasteiger partial charge in [-0.15, -0.1) is 5.10 Å². The van der Waals surface area contributed by atoms with Gasteiger partial charge in [0.15, 0.2) is 0 Å². The first-order valence-corrected chi connectivity index (χ1v) is 12.4. The Morgan fingerprint density at radius 3 is 2.58 bits per heavy atom. The summed E-state index contributed by atoms with van der Waals surface area (Å²) in [5, 5.41) is 8.95. The lowest BCUT2D eigenvalue weighted by molar-refractivity contribution is -0.120. The van der Waals surface area contributed by atoms with Gasteiger partial charge in [0.25, 0.3) is 0 Å². The number of carbonyl (C=O) groups excluding carboxylic acids is 1. The summed E-state index contributed by atoms with van der Waals surface area (Å²) in [6, 6.07) is 14.6. The highest BCUT2D eigenvalue weighted by atomic mass is 32.1. The molecule has 4 aromatic rings. The molecule has 7 heteroatoms. The molecule has 1 N–H and O–H groups in total. The molecule has 5 rings (SSSR count). The average Bonchev–Trinajstić information content (AvgIpc) is 3.40. The molecule has 0 bridgehead atoms. The van der Waals surface area contributed by atoms with Crippen LogP contribution in [0.3, 0.4) is 0 Å². The number of aromatic nitrogens is 3. The van der Waals surface area contributed by atoms with Crippen molar-refractivity contribution >= 4 is 33.0 Å². The third kappa shape index (κ3) is 4.37. The minimum atomic E-state index is 0.0303. The zero-order chi connectivity index (χ0) is 22.9. The van der Waals surface area contributed by atoms with Gasteiger partial charge in [-0.2, -0.15) is 0 Å². The number of carbonyl (C=O) groups is 1. The summed E-state index contributed by atoms with van der Waals surface area (Å²) in [6.07, 6.45) is 4.56. The normalized spacial score (nSPS) is 14.7. The van der Waals surface area contributed by atoms with Gasteiger partial charge in [0.2, 0.25) is 16.0 Å². The van der Waals surface area contributed by atoms with E-state index >= 15 is 0 Å². The monoisotopic (exact) mass is 459 g/mol. The second-order valence-electron chi connectivity index (χ2n) is 8.82. The molecular formula is C26H29N5OS. The van der Waals surface area contributed by atoms with Crippen molar-refractivity contribution in [2.24, 2.45) is 5.92 Å². The second kappa shape index (κ2) is 8.98. The third-order valence-corrected chi connectivity index (χ3v) is 7.49. The lowest BCUT2D eigenvalue weighted by Crippen LogP contribution is -2.38. The molecule has 170 valence electrons. The maximum absolute atomic E-state index is 13.0. The van der Waals surface area contributed by atoms with Gasteiger partial charge in [-0.3, -0.25) is 4.79 Å². The number of hydrogen-bond acceptors (Lipinski definition) is 5. The largest absolute Gasteiger partial charge is 0.347 e. The summed E-state index contributed by atoms with van der Waals surface area (Å²) in [4.78, 5) is 20.9. The van der Waals surface area contributed by atoms with E-state index < -0.39 is 0 Å². The van der Waals surface area contributed by atoms with E-state index in [1.54, 1.807) is 11.3 Å². The van der Waals surface area contributed by atoms with Gasteiger partial charge in [0.05, 0.1) is 11.9 Å². The van der Waals surface area contributed by atoms with E-state index in [0.29, 0.717) is 0 Å². The van der Waals surface area contributed by atoms with Crippen LogP contribution in [0.15, 0.2) is 48.7 Å². The molecule has 0 aliphatic carbocycles. The molecule has 0 radical (unpaired) electrons. The van der Waals surface area contributed by atoms with E-state index in [0.717, 1.165) is 65.0 Å². The fraction of sp³-hybridized carbons (Fsp3) is 0.346. The highest BCUT2D eigenvalue weighted by molar-refractivity contribution is 7.20. The van der Waals surface area contributed by atoms with E-state index in [-0.39, 0.29) is 11.8 Å². The Labute approximate surface area is 198 Å². The molecule has 0 saturated carbocycles. The summed E-state index contributed by atoms with van der Waals surface area (Å²) in [7, 11) is 0. The van der Waals surface area contributed by atoms with E-state index in [1.165, 1.54) is 11.1 Å². The summed E-state index contributed by atoms with van der Waals surface area (Å²) < 4.78 is 1.87. The number of benzene rings is 2. The molecule has 1 saturated heterocycles. The van der Waals surface area contributed by atoms with Gasteiger partial charge in [0, 0.05) is 30.3 Å². The van der Waals surface area contributed by atoms with Gasteiger partial charge in [-0.1, -0.05) is 66.3 Å². The number of amides is 1. The molecule has 1 aliphatic heterocycles. The summed E-state index contributed by atoms with van der Waals surface area (Å²) >= 11 is 1.61. The summed E-state index contributed by atoms with van der Waals surface area (Å²) in [6.45, 7) is 7.92. The van der Waals surface area contributed by atoms with Crippen LogP contribution in [0.5, 0.6) is 0 Å². The van der Waals surface area contributed by atoms with Crippen molar-refractivity contribution in [1.82, 2.24) is 14.6 Å². The van der Waals surface area contributed by atoms with E-state index in [1.807, 2.05) is 10.7 Å². The molecular weight excluding hydrogens is 430 g/mol. The fourth-order valence-electron chi connectivity index (χ4n) is 4.44. The molecule has 3 heterocycles. The van der Waals surface area contributed by atoms with Crippen LogP contribution < -0.4 is 10.2 Å². The van der Waals surface area contributed by atoms with Crippen LogP contribution in [0, 0.1) is 19.8 Å². The standard InChI is InChI=1S/C26H29N5OS/c1-4-19-7-5-6-18(3)23(19)28-24(32)21-12-14-30(15-13-21)26-29-31-16-22(27-25(31)33-26)20-10-8-17(2)9-11-20/h5-11,16,21H,4,12-15H2,1-3H3,(H,28,32). The summed E-state index contributed by atoms with van der Waals surface area (Å²) in [5.74, 6) is 0.165. The number of para-hydroxylation sites is 1. The number of fused-ring (bicyclic) bond motifs is 1. The van der Waals surface area contributed by atoms with Crippen molar-refractivity contribution in [3.63, 3.8) is 0 Å². The number of piperidine rings is 1. The van der Waals surface area contributed by atoms with Crippen LogP contribution in [0.4, 0.5) is 10.8 Å². The number of anilines is 2. The predicted molar refractivity (Wildman–Crippen MR) is 135 cm³/mol. The highest BCUT2D eigenvalue weighted by Gasteiger charge is 2.27. The van der Waals surface area contributed by atoms with Crippen molar-refractivity contribution < 1.29 is 4.79 Å². The molecule has 0 unspecified atom stereocenters.